The molecule has 0 radical (unpaired) electrons. The van der Waals surface area contributed by atoms with Crippen LogP contribution in [-0.4, -0.2) is 11.9 Å². The molecule has 0 aromatic heterocycles. The number of rotatable bonds is 6. The second-order valence-electron chi connectivity index (χ2n) is 5.99. The smallest absolute Gasteiger partial charge is 0.246 e. The number of benzene rings is 3. The van der Waals surface area contributed by atoms with Gasteiger partial charge in [0.1, 0.15) is 11.8 Å². The molecule has 0 aliphatic rings. The molecule has 0 spiro atoms. The number of carbonyl (C=O) groups excluding carboxylic acids is 1. The number of carbonyl (C=O) groups is 1. The molecule has 4 nitrogen and oxygen atoms in total. The van der Waals surface area contributed by atoms with Gasteiger partial charge in [0.15, 0.2) is 23.2 Å². The van der Waals surface area contributed by atoms with Crippen molar-refractivity contribution in [3.05, 3.63) is 84.2 Å². The van der Waals surface area contributed by atoms with E-state index < -0.39 is 35.1 Å². The Morgan fingerprint density at radius 2 is 1.54 bits per heavy atom. The van der Waals surface area contributed by atoms with Gasteiger partial charge in [0.05, 0.1) is 11.4 Å². The van der Waals surface area contributed by atoms with Gasteiger partial charge in [-0.1, -0.05) is 30.3 Å². The minimum Gasteiger partial charge on any atom is -0.455 e. The number of halogens is 3. The Bertz CT molecular complexity index is 981. The van der Waals surface area contributed by atoms with Crippen LogP contribution in [0.15, 0.2) is 66.7 Å². The molecule has 1 amide bonds. The third-order valence-corrected chi connectivity index (χ3v) is 3.92. The standard InChI is InChI=1S/C21H17F3N2O2/c1-13(21(27)26-17-12-11-15(22)19(23)20(17)24)25-16-9-5-6-10-18(16)28-14-7-3-2-4-8-14/h2-13,25H,1H3,(H,26,27)/t13-/m1/s1. The fraction of sp³-hybridized carbons (Fsp3) is 0.0952. The van der Waals surface area contributed by atoms with Crippen LogP contribution in [0.5, 0.6) is 11.5 Å². The number of para-hydroxylation sites is 3. The van der Waals surface area contributed by atoms with Crippen molar-refractivity contribution in [3.8, 4) is 11.5 Å². The first-order valence-electron chi connectivity index (χ1n) is 8.48. The SMILES string of the molecule is C[C@@H](Nc1ccccc1Oc1ccccc1)C(=O)Nc1ccc(F)c(F)c1F. The van der Waals surface area contributed by atoms with Crippen molar-refractivity contribution in [2.75, 3.05) is 10.6 Å². The van der Waals surface area contributed by atoms with Crippen LogP contribution in [0, 0.1) is 17.5 Å². The highest BCUT2D eigenvalue weighted by molar-refractivity contribution is 5.96. The van der Waals surface area contributed by atoms with Gasteiger partial charge in [-0.2, -0.15) is 0 Å². The zero-order valence-electron chi connectivity index (χ0n) is 14.9. The Morgan fingerprint density at radius 3 is 2.29 bits per heavy atom. The molecule has 28 heavy (non-hydrogen) atoms. The van der Waals surface area contributed by atoms with Gasteiger partial charge in [-0.15, -0.1) is 0 Å². The molecule has 144 valence electrons. The summed E-state index contributed by atoms with van der Waals surface area (Å²) in [7, 11) is 0. The average Bonchev–Trinajstić information content (AvgIpc) is 2.70. The molecule has 0 bridgehead atoms. The summed E-state index contributed by atoms with van der Waals surface area (Å²) in [6.45, 7) is 1.55. The molecule has 0 unspecified atom stereocenters. The van der Waals surface area contributed by atoms with Crippen molar-refractivity contribution in [1.29, 1.82) is 0 Å². The maximum atomic E-state index is 13.7. The van der Waals surface area contributed by atoms with E-state index in [1.165, 1.54) is 0 Å². The highest BCUT2D eigenvalue weighted by Gasteiger charge is 2.19. The topological polar surface area (TPSA) is 50.4 Å². The van der Waals surface area contributed by atoms with Crippen LogP contribution < -0.4 is 15.4 Å². The lowest BCUT2D eigenvalue weighted by Gasteiger charge is -2.18. The lowest BCUT2D eigenvalue weighted by molar-refractivity contribution is -0.116. The first-order valence-corrected chi connectivity index (χ1v) is 8.48. The van der Waals surface area contributed by atoms with E-state index in [1.54, 1.807) is 43.3 Å². The minimum absolute atomic E-state index is 0.439. The Morgan fingerprint density at radius 1 is 0.857 bits per heavy atom. The zero-order valence-corrected chi connectivity index (χ0v) is 14.9. The van der Waals surface area contributed by atoms with Crippen LogP contribution in [0.3, 0.4) is 0 Å². The van der Waals surface area contributed by atoms with Crippen molar-refractivity contribution < 1.29 is 22.7 Å². The molecule has 1 atom stereocenters. The summed E-state index contributed by atoms with van der Waals surface area (Å²) in [6, 6.07) is 17.0. The number of nitrogens with one attached hydrogen (secondary N) is 2. The summed E-state index contributed by atoms with van der Waals surface area (Å²) < 4.78 is 45.9. The Kier molecular flexibility index (Phi) is 5.84. The van der Waals surface area contributed by atoms with E-state index in [1.807, 2.05) is 18.2 Å². The van der Waals surface area contributed by atoms with Gasteiger partial charge in [0, 0.05) is 0 Å². The van der Waals surface area contributed by atoms with Crippen molar-refractivity contribution in [2.24, 2.45) is 0 Å². The minimum atomic E-state index is -1.64. The third-order valence-electron chi connectivity index (χ3n) is 3.92. The third kappa shape index (κ3) is 4.43. The molecule has 3 rings (SSSR count). The van der Waals surface area contributed by atoms with E-state index in [2.05, 4.69) is 10.6 Å². The Hall–Kier alpha value is -3.48. The van der Waals surface area contributed by atoms with E-state index in [0.717, 1.165) is 12.1 Å². The largest absolute Gasteiger partial charge is 0.455 e. The summed E-state index contributed by atoms with van der Waals surface area (Å²) in [5, 5.41) is 5.21. The first-order chi connectivity index (χ1) is 13.5. The fourth-order valence-electron chi connectivity index (χ4n) is 2.45. The lowest BCUT2D eigenvalue weighted by atomic mass is 10.2. The van der Waals surface area contributed by atoms with Gasteiger partial charge in [-0.25, -0.2) is 13.2 Å². The van der Waals surface area contributed by atoms with Crippen LogP contribution in [-0.2, 0) is 4.79 Å². The van der Waals surface area contributed by atoms with E-state index in [-0.39, 0.29) is 0 Å². The molecule has 3 aromatic carbocycles. The van der Waals surface area contributed by atoms with Crippen molar-refractivity contribution in [3.63, 3.8) is 0 Å². The van der Waals surface area contributed by atoms with Gasteiger partial charge in [-0.05, 0) is 43.3 Å². The zero-order chi connectivity index (χ0) is 20.1. The van der Waals surface area contributed by atoms with Crippen LogP contribution in [0.2, 0.25) is 0 Å². The quantitative estimate of drug-likeness (QED) is 0.563. The van der Waals surface area contributed by atoms with Crippen molar-refractivity contribution >= 4 is 17.3 Å². The number of hydrogen-bond acceptors (Lipinski definition) is 3. The highest BCUT2D eigenvalue weighted by Crippen LogP contribution is 2.29. The monoisotopic (exact) mass is 386 g/mol. The molecule has 0 fully saturated rings. The van der Waals surface area contributed by atoms with Crippen LogP contribution in [0.25, 0.3) is 0 Å². The molecular formula is C21H17F3N2O2. The highest BCUT2D eigenvalue weighted by atomic mass is 19.2. The van der Waals surface area contributed by atoms with Crippen LogP contribution in [0.1, 0.15) is 6.92 Å². The predicted molar refractivity (Wildman–Crippen MR) is 101 cm³/mol. The maximum absolute atomic E-state index is 13.7. The normalized spacial score (nSPS) is 11.6. The van der Waals surface area contributed by atoms with E-state index in [9.17, 15) is 18.0 Å². The molecule has 3 aromatic rings. The molecular weight excluding hydrogens is 369 g/mol. The van der Waals surface area contributed by atoms with Gasteiger partial charge in [0.25, 0.3) is 0 Å². The number of amides is 1. The summed E-state index contributed by atoms with van der Waals surface area (Å²) in [5.41, 5.74) is 0.103. The second kappa shape index (κ2) is 8.47. The Balaban J connectivity index is 1.72. The molecule has 0 saturated carbocycles. The molecule has 7 heteroatoms. The Labute approximate surface area is 160 Å². The summed E-state index contributed by atoms with van der Waals surface area (Å²) in [4.78, 5) is 12.3. The predicted octanol–water partition coefficient (Wildman–Crippen LogP) is 5.34. The molecule has 0 aliphatic heterocycles. The van der Waals surface area contributed by atoms with Crippen molar-refractivity contribution in [1.82, 2.24) is 0 Å². The summed E-state index contributed by atoms with van der Waals surface area (Å²) in [6.07, 6.45) is 0. The summed E-state index contributed by atoms with van der Waals surface area (Å²) in [5.74, 6) is -3.92. The van der Waals surface area contributed by atoms with Crippen molar-refractivity contribution in [2.45, 2.75) is 13.0 Å². The van der Waals surface area contributed by atoms with Gasteiger partial charge < -0.3 is 15.4 Å². The molecule has 0 aliphatic carbocycles. The molecule has 2 N–H and O–H groups in total. The van der Waals surface area contributed by atoms with E-state index in [4.69, 9.17) is 4.74 Å². The van der Waals surface area contributed by atoms with E-state index in [0.29, 0.717) is 17.2 Å². The average molecular weight is 386 g/mol. The van der Waals surface area contributed by atoms with E-state index >= 15 is 0 Å². The number of ether oxygens (including phenoxy) is 1. The van der Waals surface area contributed by atoms with Gasteiger partial charge >= 0.3 is 0 Å². The first kappa shape index (κ1) is 19.3. The van der Waals surface area contributed by atoms with Crippen LogP contribution in [0.4, 0.5) is 24.5 Å². The number of anilines is 2. The maximum Gasteiger partial charge on any atom is 0.246 e. The number of hydrogen-bond donors (Lipinski definition) is 2. The molecule has 0 heterocycles. The van der Waals surface area contributed by atoms with Crippen LogP contribution >= 0.6 is 0 Å². The lowest BCUT2D eigenvalue weighted by Crippen LogP contribution is -2.32. The molecule has 0 saturated heterocycles. The van der Waals surface area contributed by atoms with Gasteiger partial charge in [0.2, 0.25) is 5.91 Å². The second-order valence-corrected chi connectivity index (χ2v) is 5.99. The fourth-order valence-corrected chi connectivity index (χ4v) is 2.45. The summed E-state index contributed by atoms with van der Waals surface area (Å²) >= 11 is 0. The van der Waals surface area contributed by atoms with Gasteiger partial charge in [-0.3, -0.25) is 4.79 Å².